The molecule has 0 bridgehead atoms. The van der Waals surface area contributed by atoms with Crippen molar-refractivity contribution in [3.05, 3.63) is 35.9 Å². The van der Waals surface area contributed by atoms with Gasteiger partial charge in [0.05, 0.1) is 11.8 Å². The summed E-state index contributed by atoms with van der Waals surface area (Å²) in [6.45, 7) is 1.56. The predicted molar refractivity (Wildman–Crippen MR) is 54.8 cm³/mol. The van der Waals surface area contributed by atoms with Gasteiger partial charge in [0.25, 0.3) is 0 Å². The molecule has 0 aliphatic carbocycles. The number of aliphatic hydroxyl groups is 1. The highest BCUT2D eigenvalue weighted by atomic mass is 16.3. The molecule has 0 heterocycles. The summed E-state index contributed by atoms with van der Waals surface area (Å²) in [5.74, 6) is -0.313. The van der Waals surface area contributed by atoms with Crippen LogP contribution in [0.4, 0.5) is 0 Å². The Morgan fingerprint density at radius 3 is 2.50 bits per heavy atom. The van der Waals surface area contributed by atoms with E-state index in [0.29, 0.717) is 5.56 Å². The van der Waals surface area contributed by atoms with Crippen LogP contribution in [0.1, 0.15) is 23.7 Å². The third-order valence-electron chi connectivity index (χ3n) is 1.81. The highest BCUT2D eigenvalue weighted by molar-refractivity contribution is 6.44. The smallest absolute Gasteiger partial charge is 0.206 e. The second kappa shape index (κ2) is 4.67. The van der Waals surface area contributed by atoms with Crippen LogP contribution in [0.3, 0.4) is 0 Å². The van der Waals surface area contributed by atoms with Crippen LogP contribution in [0.5, 0.6) is 0 Å². The van der Waals surface area contributed by atoms with Gasteiger partial charge in [0.1, 0.15) is 0 Å². The fraction of sp³-hybridized carbons (Fsp3) is 0.273. The average Bonchev–Trinajstić information content (AvgIpc) is 2.17. The molecule has 1 aromatic carbocycles. The second-order valence-corrected chi connectivity index (χ2v) is 3.23. The summed E-state index contributed by atoms with van der Waals surface area (Å²) in [5.41, 5.74) is 0.448. The molecule has 0 aromatic heterocycles. The van der Waals surface area contributed by atoms with Crippen molar-refractivity contribution >= 4 is 11.5 Å². The van der Waals surface area contributed by atoms with E-state index in [9.17, 15) is 4.79 Å². The largest absolute Gasteiger partial charge is 0.393 e. The second-order valence-electron chi connectivity index (χ2n) is 3.23. The Hall–Kier alpha value is -1.48. The maximum atomic E-state index is 11.5. The van der Waals surface area contributed by atoms with Gasteiger partial charge in [-0.15, -0.1) is 0 Å². The van der Waals surface area contributed by atoms with Crippen LogP contribution in [-0.2, 0) is 0 Å². The van der Waals surface area contributed by atoms with Gasteiger partial charge in [0, 0.05) is 12.0 Å². The van der Waals surface area contributed by atoms with Crippen molar-refractivity contribution in [2.75, 3.05) is 0 Å². The zero-order valence-corrected chi connectivity index (χ0v) is 8.03. The summed E-state index contributed by atoms with van der Waals surface area (Å²) >= 11 is 0. The van der Waals surface area contributed by atoms with Crippen LogP contribution in [-0.4, -0.2) is 22.7 Å². The van der Waals surface area contributed by atoms with E-state index in [4.69, 9.17) is 10.5 Å². The number of hydrogen-bond acceptors (Lipinski definition) is 3. The highest BCUT2D eigenvalue weighted by Gasteiger charge is 2.13. The predicted octanol–water partition coefficient (Wildman–Crippen LogP) is 1.66. The van der Waals surface area contributed by atoms with Crippen LogP contribution in [0.25, 0.3) is 0 Å². The van der Waals surface area contributed by atoms with Crippen LogP contribution in [0.15, 0.2) is 30.3 Å². The van der Waals surface area contributed by atoms with Crippen LogP contribution in [0, 0.1) is 5.41 Å². The number of nitrogens with one attached hydrogen (secondary N) is 1. The number of carbonyl (C=O) groups is 1. The van der Waals surface area contributed by atoms with Crippen molar-refractivity contribution in [1.29, 1.82) is 5.41 Å². The van der Waals surface area contributed by atoms with Crippen molar-refractivity contribution in [3.8, 4) is 0 Å². The van der Waals surface area contributed by atoms with E-state index in [1.54, 1.807) is 31.2 Å². The maximum absolute atomic E-state index is 11.5. The van der Waals surface area contributed by atoms with Crippen LogP contribution >= 0.6 is 0 Å². The number of carbonyl (C=O) groups excluding carboxylic acids is 1. The number of benzene rings is 1. The van der Waals surface area contributed by atoms with E-state index in [1.807, 2.05) is 6.07 Å². The van der Waals surface area contributed by atoms with Crippen molar-refractivity contribution in [3.63, 3.8) is 0 Å². The number of hydrogen-bond donors (Lipinski definition) is 2. The summed E-state index contributed by atoms with van der Waals surface area (Å²) in [7, 11) is 0. The van der Waals surface area contributed by atoms with Crippen molar-refractivity contribution in [2.45, 2.75) is 19.4 Å². The number of Topliss-reactive ketones (excluding diaryl/α,β-unsaturated/α-hetero) is 1. The maximum Gasteiger partial charge on any atom is 0.206 e. The van der Waals surface area contributed by atoms with Gasteiger partial charge in [0.15, 0.2) is 0 Å². The Labute approximate surface area is 82.9 Å². The van der Waals surface area contributed by atoms with Crippen LogP contribution < -0.4 is 0 Å². The van der Waals surface area contributed by atoms with Crippen molar-refractivity contribution in [2.24, 2.45) is 0 Å². The van der Waals surface area contributed by atoms with Gasteiger partial charge >= 0.3 is 0 Å². The molecule has 14 heavy (non-hydrogen) atoms. The Balaban J connectivity index is 2.72. The monoisotopic (exact) mass is 191 g/mol. The fourth-order valence-corrected chi connectivity index (χ4v) is 1.15. The third-order valence-corrected chi connectivity index (χ3v) is 1.81. The lowest BCUT2D eigenvalue weighted by Gasteiger charge is -2.04. The van der Waals surface area contributed by atoms with Crippen molar-refractivity contribution < 1.29 is 9.90 Å². The van der Waals surface area contributed by atoms with Gasteiger partial charge in [-0.2, -0.15) is 0 Å². The molecular weight excluding hydrogens is 178 g/mol. The van der Waals surface area contributed by atoms with Gasteiger partial charge in [-0.3, -0.25) is 4.79 Å². The lowest BCUT2D eigenvalue weighted by Crippen LogP contribution is -2.18. The molecular formula is C11H13NO2. The fourth-order valence-electron chi connectivity index (χ4n) is 1.15. The molecule has 0 spiro atoms. The summed E-state index contributed by atoms with van der Waals surface area (Å²) < 4.78 is 0. The molecule has 0 aliphatic rings. The van der Waals surface area contributed by atoms with Gasteiger partial charge in [0.2, 0.25) is 5.78 Å². The SMILES string of the molecule is CC(O)CC(=N)C(=O)c1ccccc1. The number of ketones is 1. The topological polar surface area (TPSA) is 61.1 Å². The van der Waals surface area contributed by atoms with Gasteiger partial charge in [-0.25, -0.2) is 0 Å². The van der Waals surface area contributed by atoms with E-state index < -0.39 is 6.10 Å². The molecule has 1 aromatic rings. The average molecular weight is 191 g/mol. The molecule has 3 nitrogen and oxygen atoms in total. The Morgan fingerprint density at radius 2 is 2.00 bits per heavy atom. The third kappa shape index (κ3) is 2.78. The van der Waals surface area contributed by atoms with E-state index in [2.05, 4.69) is 0 Å². The molecule has 0 radical (unpaired) electrons. The first kappa shape index (κ1) is 10.6. The molecule has 1 atom stereocenters. The molecule has 0 amide bonds. The van der Waals surface area contributed by atoms with Crippen molar-refractivity contribution in [1.82, 2.24) is 0 Å². The molecule has 3 heteroatoms. The summed E-state index contributed by atoms with van der Waals surface area (Å²) in [5, 5.41) is 16.5. The van der Waals surface area contributed by atoms with Crippen LogP contribution in [0.2, 0.25) is 0 Å². The molecule has 1 rings (SSSR count). The van der Waals surface area contributed by atoms with Gasteiger partial charge < -0.3 is 10.5 Å². The number of rotatable bonds is 4. The highest BCUT2D eigenvalue weighted by Crippen LogP contribution is 2.04. The van der Waals surface area contributed by atoms with E-state index in [1.165, 1.54) is 0 Å². The lowest BCUT2D eigenvalue weighted by atomic mass is 10.0. The zero-order chi connectivity index (χ0) is 10.6. The molecule has 2 N–H and O–H groups in total. The quantitative estimate of drug-likeness (QED) is 0.561. The first-order chi connectivity index (χ1) is 6.61. The minimum absolute atomic E-state index is 0.0498. The first-order valence-electron chi connectivity index (χ1n) is 4.46. The minimum atomic E-state index is -0.643. The molecule has 0 aliphatic heterocycles. The summed E-state index contributed by atoms with van der Waals surface area (Å²) in [4.78, 5) is 11.5. The Kier molecular flexibility index (Phi) is 3.54. The summed E-state index contributed by atoms with van der Waals surface area (Å²) in [6.07, 6.45) is -0.538. The lowest BCUT2D eigenvalue weighted by molar-refractivity contribution is 0.105. The normalized spacial score (nSPS) is 12.1. The summed E-state index contributed by atoms with van der Waals surface area (Å²) in [6, 6.07) is 8.65. The molecule has 1 unspecified atom stereocenters. The zero-order valence-electron chi connectivity index (χ0n) is 8.03. The number of aliphatic hydroxyl groups excluding tert-OH is 1. The standard InChI is InChI=1S/C11H13NO2/c1-8(13)7-10(12)11(14)9-5-3-2-4-6-9/h2-6,8,12-13H,7H2,1H3. The molecule has 0 fully saturated rings. The van der Waals surface area contributed by atoms with Gasteiger partial charge in [-0.1, -0.05) is 30.3 Å². The minimum Gasteiger partial charge on any atom is -0.393 e. The van der Waals surface area contributed by atoms with E-state index in [-0.39, 0.29) is 17.9 Å². The van der Waals surface area contributed by atoms with E-state index >= 15 is 0 Å². The first-order valence-corrected chi connectivity index (χ1v) is 4.46. The molecule has 0 saturated carbocycles. The van der Waals surface area contributed by atoms with Gasteiger partial charge in [-0.05, 0) is 6.92 Å². The Bertz CT molecular complexity index is 330. The Morgan fingerprint density at radius 1 is 1.43 bits per heavy atom. The molecule has 0 saturated heterocycles. The van der Waals surface area contributed by atoms with E-state index in [0.717, 1.165) is 0 Å². The molecule has 74 valence electrons.